The molecule has 0 saturated heterocycles. The standard InChI is InChI=1S/C32H32FN3O4/c1-4-5-18-34(32(38)25-17-16-24(39-2)20-29(25)40-3)21-30(37)36-27-10-7-6-9-26(27)35-19-8-11-28(35)31(36)22-12-14-23(33)15-13-22/h6-17,19-20,31H,4-5,18,21H2,1-3H3. The summed E-state index contributed by atoms with van der Waals surface area (Å²) in [6.07, 6.45) is 3.55. The van der Waals surface area contributed by atoms with Crippen LogP contribution >= 0.6 is 0 Å². The van der Waals surface area contributed by atoms with Gasteiger partial charge in [-0.1, -0.05) is 37.6 Å². The molecule has 5 rings (SSSR count). The van der Waals surface area contributed by atoms with Crippen molar-refractivity contribution in [3.63, 3.8) is 0 Å². The maximum atomic E-state index is 14.3. The van der Waals surface area contributed by atoms with Gasteiger partial charge in [-0.25, -0.2) is 4.39 Å². The molecule has 0 aliphatic carbocycles. The number of fused-ring (bicyclic) bond motifs is 3. The number of ether oxygens (including phenoxy) is 2. The van der Waals surface area contributed by atoms with Gasteiger partial charge in [0.05, 0.1) is 36.9 Å². The average Bonchev–Trinajstić information content (AvgIpc) is 3.48. The van der Waals surface area contributed by atoms with Crippen molar-refractivity contribution < 1.29 is 23.5 Å². The summed E-state index contributed by atoms with van der Waals surface area (Å²) in [5, 5.41) is 0. The first-order valence-electron chi connectivity index (χ1n) is 13.3. The lowest BCUT2D eigenvalue weighted by molar-refractivity contribution is -0.119. The van der Waals surface area contributed by atoms with Crippen LogP contribution in [0.3, 0.4) is 0 Å². The van der Waals surface area contributed by atoms with E-state index < -0.39 is 6.04 Å². The van der Waals surface area contributed by atoms with Gasteiger partial charge in [0, 0.05) is 18.8 Å². The van der Waals surface area contributed by atoms with E-state index in [9.17, 15) is 14.0 Å². The molecular weight excluding hydrogens is 509 g/mol. The third-order valence-electron chi connectivity index (χ3n) is 7.21. The van der Waals surface area contributed by atoms with Gasteiger partial charge in [0.2, 0.25) is 5.91 Å². The number of carbonyl (C=O) groups is 2. The fourth-order valence-electron chi connectivity index (χ4n) is 5.21. The molecule has 7 nitrogen and oxygen atoms in total. The molecule has 0 fully saturated rings. The van der Waals surface area contributed by atoms with Gasteiger partial charge in [0.1, 0.15) is 29.9 Å². The summed E-state index contributed by atoms with van der Waals surface area (Å²) < 4.78 is 26.7. The molecule has 0 bridgehead atoms. The monoisotopic (exact) mass is 541 g/mol. The minimum Gasteiger partial charge on any atom is -0.497 e. The van der Waals surface area contributed by atoms with Gasteiger partial charge in [0.25, 0.3) is 5.91 Å². The normalized spacial score (nSPS) is 13.8. The van der Waals surface area contributed by atoms with Crippen molar-refractivity contribution in [2.24, 2.45) is 0 Å². The minimum absolute atomic E-state index is 0.138. The molecule has 0 spiro atoms. The van der Waals surface area contributed by atoms with Gasteiger partial charge >= 0.3 is 0 Å². The maximum absolute atomic E-state index is 14.3. The lowest BCUT2D eigenvalue weighted by Crippen LogP contribution is -2.47. The zero-order valence-electron chi connectivity index (χ0n) is 22.8. The predicted molar refractivity (Wildman–Crippen MR) is 152 cm³/mol. The number of methoxy groups -OCH3 is 2. The van der Waals surface area contributed by atoms with Crippen LogP contribution in [-0.4, -0.2) is 48.6 Å². The summed E-state index contributed by atoms with van der Waals surface area (Å²) in [4.78, 5) is 31.4. The Balaban J connectivity index is 1.55. The van der Waals surface area contributed by atoms with Crippen LogP contribution in [0.1, 0.15) is 47.4 Å². The molecule has 1 unspecified atom stereocenters. The van der Waals surface area contributed by atoms with Gasteiger partial charge < -0.3 is 18.9 Å². The van der Waals surface area contributed by atoms with Gasteiger partial charge in [-0.3, -0.25) is 14.5 Å². The largest absolute Gasteiger partial charge is 0.497 e. The second-order valence-electron chi connectivity index (χ2n) is 9.66. The van der Waals surface area contributed by atoms with E-state index in [-0.39, 0.29) is 24.2 Å². The summed E-state index contributed by atoms with van der Waals surface area (Å²) in [5.74, 6) is 0.0562. The minimum atomic E-state index is -0.503. The van der Waals surface area contributed by atoms with E-state index in [1.165, 1.54) is 19.2 Å². The molecule has 0 radical (unpaired) electrons. The van der Waals surface area contributed by atoms with Crippen molar-refractivity contribution in [2.45, 2.75) is 25.8 Å². The van der Waals surface area contributed by atoms with Crippen molar-refractivity contribution >= 4 is 17.5 Å². The Bertz CT molecular complexity index is 1510. The van der Waals surface area contributed by atoms with Crippen molar-refractivity contribution in [1.82, 2.24) is 9.47 Å². The highest BCUT2D eigenvalue weighted by atomic mass is 19.1. The van der Waals surface area contributed by atoms with Crippen molar-refractivity contribution in [3.8, 4) is 17.2 Å². The van der Waals surface area contributed by atoms with Crippen LogP contribution in [0.5, 0.6) is 11.5 Å². The first-order chi connectivity index (χ1) is 19.5. The second-order valence-corrected chi connectivity index (χ2v) is 9.66. The lowest BCUT2D eigenvalue weighted by Gasteiger charge is -2.39. The number of amides is 2. The first-order valence-corrected chi connectivity index (χ1v) is 13.3. The van der Waals surface area contributed by atoms with Crippen LogP contribution in [0.15, 0.2) is 85.1 Å². The predicted octanol–water partition coefficient (Wildman–Crippen LogP) is 6.01. The van der Waals surface area contributed by atoms with Gasteiger partial charge in [-0.2, -0.15) is 0 Å². The number of rotatable bonds is 9. The number of carbonyl (C=O) groups excluding carboxylic acids is 2. The molecule has 2 amide bonds. The van der Waals surface area contributed by atoms with Crippen LogP contribution in [0.25, 0.3) is 5.69 Å². The summed E-state index contributed by atoms with van der Waals surface area (Å²) in [5.41, 5.74) is 3.58. The van der Waals surface area contributed by atoms with Crippen LogP contribution in [0.4, 0.5) is 10.1 Å². The topological polar surface area (TPSA) is 64.0 Å². The molecule has 1 aliphatic heterocycles. The number of benzene rings is 3. The number of hydrogen-bond donors (Lipinski definition) is 0. The number of nitrogens with zero attached hydrogens (tertiary/aromatic N) is 3. The molecule has 40 heavy (non-hydrogen) atoms. The Morgan fingerprint density at radius 2 is 1.68 bits per heavy atom. The molecule has 1 aromatic heterocycles. The van der Waals surface area contributed by atoms with Crippen molar-refractivity contribution in [1.29, 1.82) is 0 Å². The van der Waals surface area contributed by atoms with E-state index in [0.717, 1.165) is 35.5 Å². The molecule has 1 aliphatic rings. The molecular formula is C32H32FN3O4. The Hall–Kier alpha value is -4.59. The molecule has 2 heterocycles. The lowest BCUT2D eigenvalue weighted by atomic mass is 9.97. The van der Waals surface area contributed by atoms with Gasteiger partial charge in [-0.15, -0.1) is 0 Å². The molecule has 1 atom stereocenters. The Morgan fingerprint density at radius 1 is 0.925 bits per heavy atom. The van der Waals surface area contributed by atoms with Gasteiger partial charge in [0.15, 0.2) is 0 Å². The molecule has 4 aromatic rings. The number of anilines is 1. The molecule has 8 heteroatoms. The Kier molecular flexibility index (Phi) is 7.86. The Morgan fingerprint density at radius 3 is 2.38 bits per heavy atom. The van der Waals surface area contributed by atoms with Crippen LogP contribution in [0, 0.1) is 5.82 Å². The third-order valence-corrected chi connectivity index (χ3v) is 7.21. The zero-order valence-corrected chi connectivity index (χ0v) is 22.8. The molecule has 0 saturated carbocycles. The summed E-state index contributed by atoms with van der Waals surface area (Å²) in [6, 6.07) is 22.3. The molecule has 0 N–H and O–H groups in total. The highest BCUT2D eigenvalue weighted by Gasteiger charge is 2.37. The quantitative estimate of drug-likeness (QED) is 0.260. The SMILES string of the molecule is CCCCN(CC(=O)N1c2ccccc2-n2cccc2C1c1ccc(F)cc1)C(=O)c1ccc(OC)cc1OC. The van der Waals surface area contributed by atoms with E-state index in [1.807, 2.05) is 49.5 Å². The maximum Gasteiger partial charge on any atom is 0.258 e. The second kappa shape index (κ2) is 11.7. The van der Waals surface area contributed by atoms with Gasteiger partial charge in [-0.05, 0) is 60.5 Å². The van der Waals surface area contributed by atoms with Crippen LogP contribution < -0.4 is 14.4 Å². The highest BCUT2D eigenvalue weighted by Crippen LogP contribution is 2.42. The number of hydrogen-bond acceptors (Lipinski definition) is 4. The van der Waals surface area contributed by atoms with Crippen LogP contribution in [-0.2, 0) is 4.79 Å². The highest BCUT2D eigenvalue weighted by molar-refractivity contribution is 6.03. The molecule has 3 aromatic carbocycles. The van der Waals surface area contributed by atoms with E-state index >= 15 is 0 Å². The number of para-hydroxylation sites is 2. The average molecular weight is 542 g/mol. The summed E-state index contributed by atoms with van der Waals surface area (Å²) in [6.45, 7) is 2.31. The molecule has 206 valence electrons. The zero-order chi connectivity index (χ0) is 28.2. The number of unbranched alkanes of at least 4 members (excludes halogenated alkanes) is 1. The smallest absolute Gasteiger partial charge is 0.258 e. The first kappa shape index (κ1) is 27.0. The van der Waals surface area contributed by atoms with Crippen LogP contribution in [0.2, 0.25) is 0 Å². The van der Waals surface area contributed by atoms with E-state index in [4.69, 9.17) is 9.47 Å². The van der Waals surface area contributed by atoms with E-state index in [0.29, 0.717) is 23.6 Å². The fraction of sp³-hybridized carbons (Fsp3) is 0.250. The van der Waals surface area contributed by atoms with E-state index in [1.54, 1.807) is 47.2 Å². The summed E-state index contributed by atoms with van der Waals surface area (Å²) >= 11 is 0. The van der Waals surface area contributed by atoms with E-state index in [2.05, 4.69) is 4.57 Å². The number of aromatic nitrogens is 1. The summed E-state index contributed by atoms with van der Waals surface area (Å²) in [7, 11) is 3.05. The van der Waals surface area contributed by atoms with Crippen molar-refractivity contribution in [2.75, 3.05) is 32.2 Å². The third kappa shape index (κ3) is 5.04. The van der Waals surface area contributed by atoms with Crippen molar-refractivity contribution in [3.05, 3.63) is 108 Å². The fourth-order valence-corrected chi connectivity index (χ4v) is 5.21. The number of halogens is 1. The Labute approximate surface area is 233 Å².